The van der Waals surface area contributed by atoms with E-state index in [-0.39, 0.29) is 38.3 Å². The number of piperidine rings is 1. The highest BCUT2D eigenvalue weighted by atomic mass is 19.4. The summed E-state index contributed by atoms with van der Waals surface area (Å²) in [6.07, 6.45) is -10.0. The SMILES string of the molecule is COc1ccc(C[C@@H]2C[C@@H](OC=O)CCN2C(=O)c2cc(C(F)(F)F)cc(C(F)(F)F)c2)cc1. The maximum absolute atomic E-state index is 13.3. The third kappa shape index (κ3) is 6.00. The molecule has 11 heteroatoms. The van der Waals surface area contributed by atoms with Gasteiger partial charge in [0.25, 0.3) is 12.4 Å². The summed E-state index contributed by atoms with van der Waals surface area (Å²) in [5, 5.41) is 0. The highest BCUT2D eigenvalue weighted by Gasteiger charge is 2.39. The number of hydrogen-bond acceptors (Lipinski definition) is 4. The molecule has 1 heterocycles. The predicted molar refractivity (Wildman–Crippen MR) is 108 cm³/mol. The van der Waals surface area contributed by atoms with Gasteiger partial charge in [0.15, 0.2) is 0 Å². The molecule has 3 rings (SSSR count). The molecule has 2 atom stereocenters. The van der Waals surface area contributed by atoms with Crippen molar-refractivity contribution in [1.82, 2.24) is 4.90 Å². The first-order valence-electron chi connectivity index (χ1n) is 10.2. The molecule has 0 spiro atoms. The molecule has 0 radical (unpaired) electrons. The van der Waals surface area contributed by atoms with Crippen LogP contribution < -0.4 is 4.74 Å². The van der Waals surface area contributed by atoms with Crippen LogP contribution in [0.4, 0.5) is 26.3 Å². The van der Waals surface area contributed by atoms with Crippen molar-refractivity contribution in [1.29, 1.82) is 0 Å². The fourth-order valence-corrected chi connectivity index (χ4v) is 3.96. The number of halogens is 6. The van der Waals surface area contributed by atoms with E-state index < -0.39 is 47.1 Å². The number of nitrogens with zero attached hydrogens (tertiary/aromatic N) is 1. The maximum Gasteiger partial charge on any atom is 0.416 e. The summed E-state index contributed by atoms with van der Waals surface area (Å²) in [6, 6.07) is 7.05. The Bertz CT molecular complexity index is 987. The Labute approximate surface area is 191 Å². The number of alkyl halides is 6. The number of benzene rings is 2. The molecule has 0 bridgehead atoms. The Kier molecular flexibility index (Phi) is 7.42. The number of hydrogen-bond donors (Lipinski definition) is 0. The van der Waals surface area contributed by atoms with Gasteiger partial charge in [0.1, 0.15) is 11.9 Å². The van der Waals surface area contributed by atoms with Crippen molar-refractivity contribution in [2.75, 3.05) is 13.7 Å². The lowest BCUT2D eigenvalue weighted by Crippen LogP contribution is -2.49. The van der Waals surface area contributed by atoms with Crippen LogP contribution in [0, 0.1) is 0 Å². The molecule has 184 valence electrons. The van der Waals surface area contributed by atoms with Crippen molar-refractivity contribution in [2.45, 2.75) is 43.8 Å². The number of methoxy groups -OCH3 is 1. The van der Waals surface area contributed by atoms with Crippen LogP contribution in [0.2, 0.25) is 0 Å². The van der Waals surface area contributed by atoms with Gasteiger partial charge in [0.2, 0.25) is 0 Å². The molecular weight excluding hydrogens is 468 g/mol. The number of amides is 1. The standard InChI is InChI=1S/C23H21F6NO4/c1-33-19-4-2-14(3-5-19)8-18-12-20(34-13-31)6-7-30(18)21(32)15-9-16(22(24,25)26)11-17(10-15)23(27,28)29/h2-5,9-11,13,18,20H,6-8,12H2,1H3/t18-,20+/m1/s1. The van der Waals surface area contributed by atoms with Crippen LogP contribution >= 0.6 is 0 Å². The summed E-state index contributed by atoms with van der Waals surface area (Å²) in [5.41, 5.74) is -3.07. The second-order valence-corrected chi connectivity index (χ2v) is 7.88. The number of rotatable bonds is 6. The average molecular weight is 489 g/mol. The molecule has 5 nitrogen and oxygen atoms in total. The highest BCUT2D eigenvalue weighted by molar-refractivity contribution is 5.95. The molecule has 0 N–H and O–H groups in total. The smallest absolute Gasteiger partial charge is 0.416 e. The van der Waals surface area contributed by atoms with Gasteiger partial charge in [-0.05, 0) is 42.3 Å². The molecule has 0 unspecified atom stereocenters. The first-order valence-corrected chi connectivity index (χ1v) is 10.2. The average Bonchev–Trinajstić information content (AvgIpc) is 2.78. The van der Waals surface area contributed by atoms with Crippen molar-refractivity contribution >= 4 is 12.4 Å². The summed E-state index contributed by atoms with van der Waals surface area (Å²) in [4.78, 5) is 25.2. The van der Waals surface area contributed by atoms with Crippen molar-refractivity contribution in [3.05, 3.63) is 64.7 Å². The Morgan fingerprint density at radius 3 is 2.12 bits per heavy atom. The van der Waals surface area contributed by atoms with Crippen LogP contribution in [0.5, 0.6) is 5.75 Å². The van der Waals surface area contributed by atoms with Gasteiger partial charge >= 0.3 is 12.4 Å². The molecule has 2 aromatic rings. The Morgan fingerprint density at radius 1 is 1.03 bits per heavy atom. The third-order valence-corrected chi connectivity index (χ3v) is 5.64. The summed E-state index contributed by atoms with van der Waals surface area (Å²) >= 11 is 0. The predicted octanol–water partition coefficient (Wildman–Crippen LogP) is 5.12. The van der Waals surface area contributed by atoms with E-state index in [1.165, 1.54) is 12.0 Å². The fraction of sp³-hybridized carbons (Fsp3) is 0.391. The lowest BCUT2D eigenvalue weighted by molar-refractivity contribution is -0.143. The Morgan fingerprint density at radius 2 is 1.62 bits per heavy atom. The van der Waals surface area contributed by atoms with Crippen LogP contribution in [0.1, 0.15) is 39.9 Å². The molecule has 1 aliphatic rings. The molecule has 2 aromatic carbocycles. The van der Waals surface area contributed by atoms with Gasteiger partial charge in [-0.15, -0.1) is 0 Å². The van der Waals surface area contributed by atoms with E-state index in [2.05, 4.69) is 0 Å². The van der Waals surface area contributed by atoms with Crippen molar-refractivity contribution in [2.24, 2.45) is 0 Å². The van der Waals surface area contributed by atoms with Crippen LogP contribution in [-0.4, -0.2) is 43.1 Å². The summed E-state index contributed by atoms with van der Waals surface area (Å²) in [5.74, 6) is -0.370. The van der Waals surface area contributed by atoms with Gasteiger partial charge in [-0.2, -0.15) is 26.3 Å². The van der Waals surface area contributed by atoms with Crippen LogP contribution in [0.3, 0.4) is 0 Å². The quantitative estimate of drug-likeness (QED) is 0.418. The largest absolute Gasteiger partial charge is 0.497 e. The van der Waals surface area contributed by atoms with Gasteiger partial charge in [-0.1, -0.05) is 12.1 Å². The summed E-state index contributed by atoms with van der Waals surface area (Å²) < 4.78 is 89.6. The van der Waals surface area contributed by atoms with E-state index in [0.29, 0.717) is 17.9 Å². The fourth-order valence-electron chi connectivity index (χ4n) is 3.96. The topological polar surface area (TPSA) is 55.8 Å². The van der Waals surface area contributed by atoms with E-state index in [0.717, 1.165) is 5.56 Å². The number of ether oxygens (including phenoxy) is 2. The summed E-state index contributed by atoms with van der Waals surface area (Å²) in [7, 11) is 1.49. The number of carbonyl (C=O) groups excluding carboxylic acids is 2. The number of carbonyl (C=O) groups is 2. The Hall–Kier alpha value is -3.24. The first kappa shape index (κ1) is 25.4. The zero-order valence-electron chi connectivity index (χ0n) is 17.9. The minimum absolute atomic E-state index is 0.00421. The van der Waals surface area contributed by atoms with E-state index in [1.54, 1.807) is 24.3 Å². The van der Waals surface area contributed by atoms with Crippen LogP contribution in [0.25, 0.3) is 0 Å². The zero-order valence-corrected chi connectivity index (χ0v) is 17.9. The van der Waals surface area contributed by atoms with Gasteiger partial charge in [0, 0.05) is 31.0 Å². The second kappa shape index (κ2) is 9.94. The van der Waals surface area contributed by atoms with Gasteiger partial charge in [-0.3, -0.25) is 9.59 Å². The lowest BCUT2D eigenvalue weighted by atomic mass is 9.92. The minimum atomic E-state index is -5.07. The third-order valence-electron chi connectivity index (χ3n) is 5.64. The van der Waals surface area contributed by atoms with E-state index in [4.69, 9.17) is 9.47 Å². The van der Waals surface area contributed by atoms with Gasteiger partial charge in [-0.25, -0.2) is 0 Å². The van der Waals surface area contributed by atoms with Crippen molar-refractivity contribution in [3.8, 4) is 5.75 Å². The highest BCUT2D eigenvalue weighted by Crippen LogP contribution is 2.37. The molecule has 1 aliphatic heterocycles. The van der Waals surface area contributed by atoms with Crippen molar-refractivity contribution in [3.63, 3.8) is 0 Å². The minimum Gasteiger partial charge on any atom is -0.497 e. The van der Waals surface area contributed by atoms with Crippen LogP contribution in [-0.2, 0) is 28.3 Å². The maximum atomic E-state index is 13.3. The Balaban J connectivity index is 1.95. The first-order chi connectivity index (χ1) is 15.9. The molecule has 1 fully saturated rings. The molecule has 0 aliphatic carbocycles. The zero-order chi connectivity index (χ0) is 25.1. The lowest BCUT2D eigenvalue weighted by Gasteiger charge is -2.39. The van der Waals surface area contributed by atoms with Crippen molar-refractivity contribution < 1.29 is 45.4 Å². The molecular formula is C23H21F6NO4. The van der Waals surface area contributed by atoms with E-state index >= 15 is 0 Å². The number of likely N-dealkylation sites (tertiary alicyclic amines) is 1. The molecule has 34 heavy (non-hydrogen) atoms. The normalized spacial score (nSPS) is 19.0. The monoisotopic (exact) mass is 489 g/mol. The summed E-state index contributed by atoms with van der Waals surface area (Å²) in [6.45, 7) is 0.269. The molecule has 0 saturated carbocycles. The van der Waals surface area contributed by atoms with E-state index in [1.807, 2.05) is 0 Å². The molecule has 1 amide bonds. The molecule has 0 aromatic heterocycles. The van der Waals surface area contributed by atoms with E-state index in [9.17, 15) is 35.9 Å². The van der Waals surface area contributed by atoms with Gasteiger partial charge in [0.05, 0.1) is 18.2 Å². The second-order valence-electron chi connectivity index (χ2n) is 7.88. The van der Waals surface area contributed by atoms with Gasteiger partial charge < -0.3 is 14.4 Å². The van der Waals surface area contributed by atoms with Crippen LogP contribution in [0.15, 0.2) is 42.5 Å². The molecule has 1 saturated heterocycles.